The van der Waals surface area contributed by atoms with Gasteiger partial charge in [-0.1, -0.05) is 23.7 Å². The molecule has 0 aliphatic carbocycles. The van der Waals surface area contributed by atoms with E-state index in [1.165, 1.54) is 0 Å². The van der Waals surface area contributed by atoms with Gasteiger partial charge in [-0.15, -0.1) is 11.6 Å². The molecule has 0 aliphatic heterocycles. The summed E-state index contributed by atoms with van der Waals surface area (Å²) in [5, 5.41) is 3.63. The first-order chi connectivity index (χ1) is 8.13. The van der Waals surface area contributed by atoms with Crippen LogP contribution in [0.15, 0.2) is 24.3 Å². The van der Waals surface area contributed by atoms with Crippen LogP contribution in [0.25, 0.3) is 0 Å². The summed E-state index contributed by atoms with van der Waals surface area (Å²) in [6.45, 7) is 1.95. The number of alkyl halides is 1. The Kier molecular flexibility index (Phi) is 6.38. The van der Waals surface area contributed by atoms with Crippen LogP contribution >= 0.6 is 23.2 Å². The number of amides is 1. The number of halogens is 2. The molecular formula is C13H17Cl2NO. The number of nitrogens with one attached hydrogen (secondary N) is 1. The van der Waals surface area contributed by atoms with Crippen LogP contribution in [-0.4, -0.2) is 11.8 Å². The van der Waals surface area contributed by atoms with Gasteiger partial charge in [-0.2, -0.15) is 0 Å². The van der Waals surface area contributed by atoms with Crippen LogP contribution < -0.4 is 5.32 Å². The van der Waals surface area contributed by atoms with Crippen LogP contribution in [0.2, 0.25) is 5.02 Å². The van der Waals surface area contributed by atoms with Gasteiger partial charge in [0, 0.05) is 17.3 Å². The predicted molar refractivity (Wildman–Crippen MR) is 72.6 cm³/mol. The molecule has 1 unspecified atom stereocenters. The Morgan fingerprint density at radius 3 is 2.82 bits per heavy atom. The average Bonchev–Trinajstić information content (AvgIpc) is 2.29. The number of carbonyl (C=O) groups is 1. The maximum absolute atomic E-state index is 11.6. The summed E-state index contributed by atoms with van der Waals surface area (Å²) in [4.78, 5) is 11.6. The zero-order chi connectivity index (χ0) is 12.7. The van der Waals surface area contributed by atoms with Gasteiger partial charge in [-0.3, -0.25) is 4.79 Å². The first kappa shape index (κ1) is 14.3. The molecule has 1 aromatic carbocycles. The van der Waals surface area contributed by atoms with Crippen molar-refractivity contribution >= 4 is 29.1 Å². The van der Waals surface area contributed by atoms with E-state index in [0.717, 1.165) is 18.4 Å². The van der Waals surface area contributed by atoms with E-state index in [9.17, 15) is 4.79 Å². The summed E-state index contributed by atoms with van der Waals surface area (Å²) in [7, 11) is 0. The molecule has 0 saturated carbocycles. The molecule has 4 heteroatoms. The molecule has 0 spiro atoms. The molecule has 1 aromatic rings. The van der Waals surface area contributed by atoms with E-state index >= 15 is 0 Å². The minimum atomic E-state index is -0.0165. The summed E-state index contributed by atoms with van der Waals surface area (Å²) in [6.07, 6.45) is 2.23. The molecule has 2 nitrogen and oxygen atoms in total. The van der Waals surface area contributed by atoms with Crippen molar-refractivity contribution in [3.05, 3.63) is 34.9 Å². The van der Waals surface area contributed by atoms with Gasteiger partial charge in [0.25, 0.3) is 0 Å². The molecule has 94 valence electrons. The average molecular weight is 274 g/mol. The SMILES string of the molecule is CC(NC(=O)CCCCCl)c1cccc(Cl)c1. The molecule has 1 N–H and O–H groups in total. The number of hydrogen-bond donors (Lipinski definition) is 1. The highest BCUT2D eigenvalue weighted by Gasteiger charge is 2.09. The molecular weight excluding hydrogens is 257 g/mol. The predicted octanol–water partition coefficient (Wildman–Crippen LogP) is 3.93. The maximum Gasteiger partial charge on any atom is 0.220 e. The lowest BCUT2D eigenvalue weighted by atomic mass is 10.1. The summed E-state index contributed by atoms with van der Waals surface area (Å²) in [5.41, 5.74) is 1.02. The Bertz CT molecular complexity index is 368. The second kappa shape index (κ2) is 7.57. The van der Waals surface area contributed by atoms with Gasteiger partial charge in [0.1, 0.15) is 0 Å². The third kappa shape index (κ3) is 5.42. The third-order valence-corrected chi connectivity index (χ3v) is 3.02. The normalized spacial score (nSPS) is 12.2. The number of hydrogen-bond acceptors (Lipinski definition) is 1. The van der Waals surface area contributed by atoms with Gasteiger partial charge < -0.3 is 5.32 Å². The monoisotopic (exact) mass is 273 g/mol. The summed E-state index contributed by atoms with van der Waals surface area (Å²) < 4.78 is 0. The van der Waals surface area contributed by atoms with Crippen LogP contribution in [0.5, 0.6) is 0 Å². The second-order valence-corrected chi connectivity index (χ2v) is 4.80. The molecule has 0 bridgehead atoms. The first-order valence-corrected chi connectivity index (χ1v) is 6.65. The Morgan fingerprint density at radius 2 is 2.18 bits per heavy atom. The highest BCUT2D eigenvalue weighted by molar-refractivity contribution is 6.30. The quantitative estimate of drug-likeness (QED) is 0.618. The van der Waals surface area contributed by atoms with Crippen LogP contribution in [0.4, 0.5) is 0 Å². The minimum absolute atomic E-state index is 0.0165. The van der Waals surface area contributed by atoms with Crippen LogP contribution in [0.3, 0.4) is 0 Å². The highest BCUT2D eigenvalue weighted by atomic mass is 35.5. The fourth-order valence-corrected chi connectivity index (χ4v) is 1.94. The molecule has 0 radical (unpaired) electrons. The van der Waals surface area contributed by atoms with Crippen LogP contribution in [0.1, 0.15) is 37.8 Å². The van der Waals surface area contributed by atoms with E-state index in [1.54, 1.807) is 0 Å². The topological polar surface area (TPSA) is 29.1 Å². The van der Waals surface area contributed by atoms with Gasteiger partial charge in [0.15, 0.2) is 0 Å². The summed E-state index contributed by atoms with van der Waals surface area (Å²) in [5.74, 6) is 0.666. The smallest absolute Gasteiger partial charge is 0.220 e. The number of carbonyl (C=O) groups excluding carboxylic acids is 1. The lowest BCUT2D eigenvalue weighted by Crippen LogP contribution is -2.26. The molecule has 1 amide bonds. The van der Waals surface area contributed by atoms with Crippen molar-refractivity contribution in [3.63, 3.8) is 0 Å². The highest BCUT2D eigenvalue weighted by Crippen LogP contribution is 2.17. The molecule has 1 rings (SSSR count). The van der Waals surface area contributed by atoms with Crippen LogP contribution in [-0.2, 0) is 4.79 Å². The third-order valence-electron chi connectivity index (χ3n) is 2.51. The van der Waals surface area contributed by atoms with Crippen molar-refractivity contribution in [1.29, 1.82) is 0 Å². The Morgan fingerprint density at radius 1 is 1.41 bits per heavy atom. The van der Waals surface area contributed by atoms with Crippen molar-refractivity contribution in [2.45, 2.75) is 32.2 Å². The van der Waals surface area contributed by atoms with Gasteiger partial charge in [0.2, 0.25) is 5.91 Å². The van der Waals surface area contributed by atoms with Crippen molar-refractivity contribution in [3.8, 4) is 0 Å². The Balaban J connectivity index is 2.43. The zero-order valence-electron chi connectivity index (χ0n) is 9.88. The van der Waals surface area contributed by atoms with Gasteiger partial charge >= 0.3 is 0 Å². The molecule has 0 aromatic heterocycles. The number of benzene rings is 1. The molecule has 0 saturated heterocycles. The van der Waals surface area contributed by atoms with Gasteiger partial charge in [0.05, 0.1) is 6.04 Å². The maximum atomic E-state index is 11.6. The number of unbranched alkanes of at least 4 members (excludes halogenated alkanes) is 1. The zero-order valence-corrected chi connectivity index (χ0v) is 11.4. The minimum Gasteiger partial charge on any atom is -0.350 e. The molecule has 0 fully saturated rings. The van der Waals surface area contributed by atoms with E-state index in [1.807, 2.05) is 31.2 Å². The Labute approximate surface area is 112 Å². The van der Waals surface area contributed by atoms with Crippen molar-refractivity contribution in [2.75, 3.05) is 5.88 Å². The van der Waals surface area contributed by atoms with E-state index in [2.05, 4.69) is 5.32 Å². The van der Waals surface area contributed by atoms with Gasteiger partial charge in [-0.25, -0.2) is 0 Å². The lowest BCUT2D eigenvalue weighted by molar-refractivity contribution is -0.121. The van der Waals surface area contributed by atoms with Crippen molar-refractivity contribution in [2.24, 2.45) is 0 Å². The van der Waals surface area contributed by atoms with Crippen LogP contribution in [0, 0.1) is 0 Å². The van der Waals surface area contributed by atoms with Gasteiger partial charge in [-0.05, 0) is 37.5 Å². The molecule has 0 aliphatic rings. The molecule has 17 heavy (non-hydrogen) atoms. The second-order valence-electron chi connectivity index (χ2n) is 3.99. The fraction of sp³-hybridized carbons (Fsp3) is 0.462. The Hall–Kier alpha value is -0.730. The molecule has 0 heterocycles. The largest absolute Gasteiger partial charge is 0.350 e. The van der Waals surface area contributed by atoms with Crippen molar-refractivity contribution < 1.29 is 4.79 Å². The number of rotatable bonds is 6. The fourth-order valence-electron chi connectivity index (χ4n) is 1.55. The van der Waals surface area contributed by atoms with E-state index < -0.39 is 0 Å². The summed E-state index contributed by atoms with van der Waals surface area (Å²) >= 11 is 11.5. The van der Waals surface area contributed by atoms with E-state index in [4.69, 9.17) is 23.2 Å². The van der Waals surface area contributed by atoms with E-state index in [-0.39, 0.29) is 11.9 Å². The van der Waals surface area contributed by atoms with Crippen molar-refractivity contribution in [1.82, 2.24) is 5.32 Å². The van der Waals surface area contributed by atoms with E-state index in [0.29, 0.717) is 17.3 Å². The first-order valence-electron chi connectivity index (χ1n) is 5.74. The summed E-state index contributed by atoms with van der Waals surface area (Å²) in [6, 6.07) is 7.51. The lowest BCUT2D eigenvalue weighted by Gasteiger charge is -2.14. The standard InChI is InChI=1S/C13H17Cl2NO/c1-10(11-5-4-6-12(15)9-11)16-13(17)7-2-3-8-14/h4-6,9-10H,2-3,7-8H2,1H3,(H,16,17). The molecule has 1 atom stereocenters.